The third-order valence-corrected chi connectivity index (χ3v) is 7.71. The summed E-state index contributed by atoms with van der Waals surface area (Å²) in [6, 6.07) is 16.9. The van der Waals surface area contributed by atoms with Crippen LogP contribution in [0.5, 0.6) is 5.75 Å². The average Bonchev–Trinajstić information content (AvgIpc) is 2.88. The molecule has 35 heavy (non-hydrogen) atoms. The van der Waals surface area contributed by atoms with E-state index in [1.165, 1.54) is 11.1 Å². The molecule has 2 aliphatic heterocycles. The van der Waals surface area contributed by atoms with E-state index in [9.17, 15) is 4.79 Å². The van der Waals surface area contributed by atoms with Gasteiger partial charge in [0.25, 0.3) is 0 Å². The van der Waals surface area contributed by atoms with Crippen LogP contribution in [0, 0.1) is 0 Å². The maximum absolute atomic E-state index is 12.3. The van der Waals surface area contributed by atoms with Gasteiger partial charge >= 0.3 is 0 Å². The first-order chi connectivity index (χ1) is 17.0. The van der Waals surface area contributed by atoms with Crippen molar-refractivity contribution >= 4 is 11.6 Å². The topological polar surface area (TPSA) is 48.1 Å². The Kier molecular flexibility index (Phi) is 8.82. The fourth-order valence-corrected chi connectivity index (χ4v) is 5.55. The molecule has 2 saturated heterocycles. The molecule has 4 rings (SSSR count). The molecule has 6 heteroatoms. The van der Waals surface area contributed by atoms with Gasteiger partial charge in [0.05, 0.1) is 6.61 Å². The Morgan fingerprint density at radius 2 is 1.69 bits per heavy atom. The zero-order valence-electron chi connectivity index (χ0n) is 21.8. The van der Waals surface area contributed by atoms with Gasteiger partial charge in [-0.3, -0.25) is 14.6 Å². The number of hydrogen-bond acceptors (Lipinski definition) is 5. The van der Waals surface area contributed by atoms with Crippen LogP contribution in [0.4, 0.5) is 5.69 Å². The smallest absolute Gasteiger partial charge is 0.224 e. The lowest BCUT2D eigenvalue weighted by Crippen LogP contribution is -2.61. The zero-order valence-corrected chi connectivity index (χ0v) is 21.8. The van der Waals surface area contributed by atoms with Crippen molar-refractivity contribution in [3.05, 3.63) is 59.7 Å². The van der Waals surface area contributed by atoms with Crippen LogP contribution in [0.2, 0.25) is 0 Å². The van der Waals surface area contributed by atoms with E-state index in [1.807, 2.05) is 26.0 Å². The molecule has 0 saturated carbocycles. The summed E-state index contributed by atoms with van der Waals surface area (Å²) in [6.07, 6.45) is 3.69. The molecule has 1 N–H and O–H groups in total. The Bertz CT molecular complexity index is 948. The van der Waals surface area contributed by atoms with Crippen molar-refractivity contribution in [3.8, 4) is 5.75 Å². The SMILES string of the molecule is CCOc1ccc(NC(=O)CC)c(CC2(N3CCN(Cc4ccccc4)CC3)CCN(C)CC2)c1. The van der Waals surface area contributed by atoms with Crippen molar-refractivity contribution in [3.63, 3.8) is 0 Å². The molecule has 6 nitrogen and oxygen atoms in total. The lowest BCUT2D eigenvalue weighted by atomic mass is 9.79. The molecule has 0 unspecified atom stereocenters. The number of carbonyl (C=O) groups excluding carboxylic acids is 1. The molecule has 2 aromatic carbocycles. The normalized spacial score (nSPS) is 19.4. The molecule has 2 aliphatic rings. The number of carbonyl (C=O) groups is 1. The molecule has 1 amide bonds. The number of amides is 1. The number of piperazine rings is 1. The summed E-state index contributed by atoms with van der Waals surface area (Å²) in [5.41, 5.74) is 3.61. The zero-order chi connectivity index (χ0) is 24.7. The molecule has 0 radical (unpaired) electrons. The number of rotatable bonds is 9. The molecular weight excluding hydrogens is 436 g/mol. The van der Waals surface area contributed by atoms with Crippen LogP contribution in [0.3, 0.4) is 0 Å². The molecule has 0 aliphatic carbocycles. The maximum Gasteiger partial charge on any atom is 0.224 e. The number of nitrogens with zero attached hydrogens (tertiary/aromatic N) is 3. The highest BCUT2D eigenvalue weighted by Gasteiger charge is 2.41. The summed E-state index contributed by atoms with van der Waals surface area (Å²) in [5.74, 6) is 0.940. The van der Waals surface area contributed by atoms with Gasteiger partial charge in [-0.2, -0.15) is 0 Å². The second kappa shape index (κ2) is 12.0. The van der Waals surface area contributed by atoms with Gasteiger partial charge in [0.15, 0.2) is 0 Å². The number of hydrogen-bond donors (Lipinski definition) is 1. The Morgan fingerprint density at radius 3 is 2.34 bits per heavy atom. The van der Waals surface area contributed by atoms with Crippen LogP contribution in [0.15, 0.2) is 48.5 Å². The van der Waals surface area contributed by atoms with Crippen LogP contribution in [0.1, 0.15) is 44.2 Å². The first-order valence-electron chi connectivity index (χ1n) is 13.3. The Hall–Kier alpha value is -2.41. The molecule has 2 aromatic rings. The Balaban J connectivity index is 1.53. The molecular formula is C29H42N4O2. The van der Waals surface area contributed by atoms with Crippen molar-refractivity contribution in [2.75, 3.05) is 58.2 Å². The van der Waals surface area contributed by atoms with E-state index in [0.29, 0.717) is 13.0 Å². The first kappa shape index (κ1) is 25.7. The molecule has 0 aromatic heterocycles. The van der Waals surface area contributed by atoms with Gasteiger partial charge in [0.1, 0.15) is 5.75 Å². The summed E-state index contributed by atoms with van der Waals surface area (Å²) in [6.45, 7) is 12.1. The molecule has 0 bridgehead atoms. The minimum atomic E-state index is 0.0577. The molecule has 0 spiro atoms. The fraction of sp³-hybridized carbons (Fsp3) is 0.552. The van der Waals surface area contributed by atoms with Crippen molar-refractivity contribution in [1.29, 1.82) is 0 Å². The molecule has 190 valence electrons. The second-order valence-corrected chi connectivity index (χ2v) is 10.1. The Labute approximate surface area is 211 Å². The highest BCUT2D eigenvalue weighted by atomic mass is 16.5. The largest absolute Gasteiger partial charge is 0.494 e. The van der Waals surface area contributed by atoms with E-state index < -0.39 is 0 Å². The summed E-state index contributed by atoms with van der Waals surface area (Å²) in [5, 5.41) is 3.15. The molecule has 2 heterocycles. The highest BCUT2D eigenvalue weighted by Crippen LogP contribution is 2.36. The minimum Gasteiger partial charge on any atom is -0.494 e. The van der Waals surface area contributed by atoms with Crippen molar-refractivity contribution in [2.24, 2.45) is 0 Å². The van der Waals surface area contributed by atoms with Gasteiger partial charge in [0, 0.05) is 50.4 Å². The Morgan fingerprint density at radius 1 is 0.971 bits per heavy atom. The van der Waals surface area contributed by atoms with Crippen LogP contribution in [-0.4, -0.2) is 79.1 Å². The number of likely N-dealkylation sites (tertiary alicyclic amines) is 1. The quantitative estimate of drug-likeness (QED) is 0.584. The third kappa shape index (κ3) is 6.63. The molecule has 2 fully saturated rings. The van der Waals surface area contributed by atoms with Gasteiger partial charge in [-0.15, -0.1) is 0 Å². The lowest BCUT2D eigenvalue weighted by Gasteiger charge is -2.51. The van der Waals surface area contributed by atoms with Gasteiger partial charge in [0.2, 0.25) is 5.91 Å². The van der Waals surface area contributed by atoms with Crippen molar-refractivity contribution in [2.45, 2.75) is 51.6 Å². The summed E-state index contributed by atoms with van der Waals surface area (Å²) in [4.78, 5) is 20.1. The predicted molar refractivity (Wildman–Crippen MR) is 143 cm³/mol. The van der Waals surface area contributed by atoms with Crippen LogP contribution >= 0.6 is 0 Å². The predicted octanol–water partition coefficient (Wildman–Crippen LogP) is 4.26. The van der Waals surface area contributed by atoms with Crippen molar-refractivity contribution < 1.29 is 9.53 Å². The van der Waals surface area contributed by atoms with E-state index in [2.05, 4.69) is 63.5 Å². The second-order valence-electron chi connectivity index (χ2n) is 10.1. The number of piperidine rings is 1. The molecule has 0 atom stereocenters. The minimum absolute atomic E-state index is 0.0577. The van der Waals surface area contributed by atoms with E-state index in [0.717, 1.165) is 76.5 Å². The van der Waals surface area contributed by atoms with E-state index in [-0.39, 0.29) is 11.4 Å². The fourth-order valence-electron chi connectivity index (χ4n) is 5.55. The van der Waals surface area contributed by atoms with Gasteiger partial charge < -0.3 is 15.0 Å². The highest BCUT2D eigenvalue weighted by molar-refractivity contribution is 5.91. The number of nitrogens with one attached hydrogen (secondary N) is 1. The third-order valence-electron chi connectivity index (χ3n) is 7.71. The van der Waals surface area contributed by atoms with E-state index >= 15 is 0 Å². The first-order valence-corrected chi connectivity index (χ1v) is 13.3. The number of ether oxygens (including phenoxy) is 1. The average molecular weight is 479 g/mol. The van der Waals surface area contributed by atoms with Crippen LogP contribution in [0.25, 0.3) is 0 Å². The van der Waals surface area contributed by atoms with Gasteiger partial charge in [-0.1, -0.05) is 37.3 Å². The van der Waals surface area contributed by atoms with Crippen LogP contribution in [-0.2, 0) is 17.8 Å². The standard InChI is InChI=1S/C29H42N4O2/c1-4-28(34)30-27-12-11-26(35-5-2)21-25(27)22-29(13-15-31(3)16-14-29)33-19-17-32(18-20-33)23-24-9-7-6-8-10-24/h6-12,21H,4-5,13-20,22-23H2,1-3H3,(H,30,34). The summed E-state index contributed by atoms with van der Waals surface area (Å²) >= 11 is 0. The number of anilines is 1. The van der Waals surface area contributed by atoms with Gasteiger partial charge in [-0.25, -0.2) is 0 Å². The van der Waals surface area contributed by atoms with E-state index in [4.69, 9.17) is 4.74 Å². The lowest BCUT2D eigenvalue weighted by molar-refractivity contribution is -0.115. The maximum atomic E-state index is 12.3. The number of benzene rings is 2. The van der Waals surface area contributed by atoms with Crippen molar-refractivity contribution in [1.82, 2.24) is 14.7 Å². The van der Waals surface area contributed by atoms with Gasteiger partial charge in [-0.05, 0) is 75.6 Å². The monoisotopic (exact) mass is 478 g/mol. The summed E-state index contributed by atoms with van der Waals surface area (Å²) in [7, 11) is 2.23. The van der Waals surface area contributed by atoms with E-state index in [1.54, 1.807) is 0 Å². The van der Waals surface area contributed by atoms with Crippen LogP contribution < -0.4 is 10.1 Å². The summed E-state index contributed by atoms with van der Waals surface area (Å²) < 4.78 is 5.85.